The average molecular weight is 491 g/mol. The summed E-state index contributed by atoms with van der Waals surface area (Å²) in [6.45, 7) is 3.01. The molecule has 0 bridgehead atoms. The van der Waals surface area contributed by atoms with Gasteiger partial charge in [0.15, 0.2) is 11.1 Å². The van der Waals surface area contributed by atoms with Crippen LogP contribution in [0.3, 0.4) is 0 Å². The zero-order valence-electron chi connectivity index (χ0n) is 16.4. The van der Waals surface area contributed by atoms with Gasteiger partial charge in [-0.25, -0.2) is 0 Å². The topological polar surface area (TPSA) is 72.0 Å². The van der Waals surface area contributed by atoms with Crippen molar-refractivity contribution in [2.45, 2.75) is 29.6 Å². The number of piperazine rings is 1. The van der Waals surface area contributed by atoms with E-state index in [0.717, 1.165) is 30.4 Å². The number of piperidine rings is 1. The summed E-state index contributed by atoms with van der Waals surface area (Å²) in [5.74, 6) is -0.00912. The van der Waals surface area contributed by atoms with Gasteiger partial charge < -0.3 is 19.1 Å². The lowest BCUT2D eigenvalue weighted by Gasteiger charge is -2.39. The molecule has 1 spiro atoms. The van der Waals surface area contributed by atoms with E-state index in [1.807, 2.05) is 53.7 Å². The van der Waals surface area contributed by atoms with E-state index < -0.39 is 11.4 Å². The SMILES string of the molecule is O=C1CN([S+]([O-])c2ccc(Br)cc2)CC2OC3(CCN(c4ccncc4)CC3)CN12. The Morgan fingerprint density at radius 3 is 2.53 bits per heavy atom. The van der Waals surface area contributed by atoms with Crippen LogP contribution >= 0.6 is 15.9 Å². The van der Waals surface area contributed by atoms with E-state index in [-0.39, 0.29) is 24.3 Å². The predicted molar refractivity (Wildman–Crippen MR) is 117 cm³/mol. The van der Waals surface area contributed by atoms with Gasteiger partial charge in [-0.2, -0.15) is 0 Å². The lowest BCUT2D eigenvalue weighted by Crippen LogP contribution is -2.55. The quantitative estimate of drug-likeness (QED) is 0.615. The van der Waals surface area contributed by atoms with E-state index in [1.54, 1.807) is 4.31 Å². The first-order chi connectivity index (χ1) is 14.5. The number of carbonyl (C=O) groups excluding carboxylic acids is 1. The normalized spacial score (nSPS) is 24.9. The van der Waals surface area contributed by atoms with Crippen molar-refractivity contribution >= 4 is 38.9 Å². The van der Waals surface area contributed by atoms with Crippen molar-refractivity contribution < 1.29 is 14.1 Å². The summed E-state index contributed by atoms with van der Waals surface area (Å²) < 4.78 is 22.1. The smallest absolute Gasteiger partial charge is 0.243 e. The zero-order chi connectivity index (χ0) is 20.7. The third-order valence-electron chi connectivity index (χ3n) is 6.14. The maximum atomic E-state index is 13.0. The molecule has 0 radical (unpaired) electrons. The minimum Gasteiger partial charge on any atom is -0.593 e. The van der Waals surface area contributed by atoms with Gasteiger partial charge in [0.25, 0.3) is 0 Å². The third kappa shape index (κ3) is 3.85. The summed E-state index contributed by atoms with van der Waals surface area (Å²) in [5, 5.41) is 0. The molecule has 1 amide bonds. The van der Waals surface area contributed by atoms with E-state index in [2.05, 4.69) is 25.8 Å². The van der Waals surface area contributed by atoms with Crippen LogP contribution in [0.2, 0.25) is 0 Å². The molecule has 3 fully saturated rings. The van der Waals surface area contributed by atoms with Gasteiger partial charge in [0, 0.05) is 35.6 Å². The van der Waals surface area contributed by atoms with Crippen LogP contribution in [0, 0.1) is 0 Å². The Morgan fingerprint density at radius 1 is 1.13 bits per heavy atom. The van der Waals surface area contributed by atoms with Crippen LogP contribution < -0.4 is 4.90 Å². The predicted octanol–water partition coefficient (Wildman–Crippen LogP) is 2.41. The first-order valence-electron chi connectivity index (χ1n) is 10.1. The molecule has 1 aromatic carbocycles. The molecule has 4 heterocycles. The molecule has 2 atom stereocenters. The zero-order valence-corrected chi connectivity index (χ0v) is 18.8. The number of benzene rings is 1. The number of fused-ring (bicyclic) bond motifs is 1. The van der Waals surface area contributed by atoms with Crippen LogP contribution in [0.1, 0.15) is 12.8 Å². The number of ether oxygens (including phenoxy) is 1. The molecular weight excluding hydrogens is 468 g/mol. The highest BCUT2D eigenvalue weighted by Gasteiger charge is 2.52. The lowest BCUT2D eigenvalue weighted by atomic mass is 9.91. The highest BCUT2D eigenvalue weighted by Crippen LogP contribution is 2.38. The van der Waals surface area contributed by atoms with Gasteiger partial charge >= 0.3 is 0 Å². The number of aromatic nitrogens is 1. The summed E-state index contributed by atoms with van der Waals surface area (Å²) in [7, 11) is 0. The van der Waals surface area contributed by atoms with Crippen molar-refractivity contribution in [3.05, 3.63) is 53.3 Å². The van der Waals surface area contributed by atoms with Crippen molar-refractivity contribution in [3.8, 4) is 0 Å². The number of hydrogen-bond acceptors (Lipinski definition) is 6. The Balaban J connectivity index is 1.25. The second-order valence-corrected chi connectivity index (χ2v) is 10.4. The van der Waals surface area contributed by atoms with Gasteiger partial charge in [0.05, 0.1) is 30.1 Å². The molecule has 3 saturated heterocycles. The Kier molecular flexibility index (Phi) is 5.49. The summed E-state index contributed by atoms with van der Waals surface area (Å²) in [5.41, 5.74) is 0.863. The number of pyridine rings is 1. The van der Waals surface area contributed by atoms with Crippen LogP contribution in [0.15, 0.2) is 58.2 Å². The molecule has 158 valence electrons. The maximum absolute atomic E-state index is 13.0. The lowest BCUT2D eigenvalue weighted by molar-refractivity contribution is -0.144. The standard InChI is InChI=1S/C21H23BrN4O3S/c22-16-1-3-18(4-2-16)30(28)25-13-19(27)26-15-21(29-20(26)14-25)7-11-24(12-8-21)17-5-9-23-10-6-17/h1-6,9-10,20H,7-8,11-15H2. The second-order valence-electron chi connectivity index (χ2n) is 8.00. The minimum absolute atomic E-state index is 0.00912. The molecule has 7 nitrogen and oxygen atoms in total. The second kappa shape index (κ2) is 8.12. The van der Waals surface area contributed by atoms with Crippen LogP contribution in [0.25, 0.3) is 0 Å². The molecule has 2 unspecified atom stereocenters. The Bertz CT molecular complexity index is 908. The summed E-state index contributed by atoms with van der Waals surface area (Å²) in [6.07, 6.45) is 5.02. The third-order valence-corrected chi connectivity index (χ3v) is 8.09. The van der Waals surface area contributed by atoms with Crippen molar-refractivity contribution in [3.63, 3.8) is 0 Å². The molecule has 5 rings (SSSR count). The van der Waals surface area contributed by atoms with Gasteiger partial charge in [0.2, 0.25) is 5.91 Å². The van der Waals surface area contributed by atoms with Gasteiger partial charge in [-0.1, -0.05) is 15.9 Å². The Morgan fingerprint density at radius 2 is 1.83 bits per heavy atom. The number of amides is 1. The van der Waals surface area contributed by atoms with Crippen LogP contribution in [-0.4, -0.2) is 69.2 Å². The van der Waals surface area contributed by atoms with Crippen molar-refractivity contribution in [1.29, 1.82) is 0 Å². The molecule has 3 aliphatic rings. The molecule has 0 aliphatic carbocycles. The number of rotatable bonds is 3. The molecule has 1 aromatic heterocycles. The monoisotopic (exact) mass is 490 g/mol. The van der Waals surface area contributed by atoms with E-state index in [0.29, 0.717) is 18.0 Å². The fourth-order valence-electron chi connectivity index (χ4n) is 4.50. The largest absolute Gasteiger partial charge is 0.593 e. The van der Waals surface area contributed by atoms with Gasteiger partial charge in [-0.15, -0.1) is 4.31 Å². The molecule has 30 heavy (non-hydrogen) atoms. The van der Waals surface area contributed by atoms with Crippen molar-refractivity contribution in [2.24, 2.45) is 0 Å². The highest BCUT2D eigenvalue weighted by atomic mass is 79.9. The van der Waals surface area contributed by atoms with Gasteiger partial charge in [0.1, 0.15) is 6.54 Å². The van der Waals surface area contributed by atoms with Crippen molar-refractivity contribution in [2.75, 3.05) is 37.6 Å². The highest BCUT2D eigenvalue weighted by molar-refractivity contribution is 9.10. The maximum Gasteiger partial charge on any atom is 0.243 e. The fraction of sp³-hybridized carbons (Fsp3) is 0.429. The van der Waals surface area contributed by atoms with Gasteiger partial charge in [-0.3, -0.25) is 9.78 Å². The number of anilines is 1. The average Bonchev–Trinajstić information content (AvgIpc) is 3.13. The Labute approximate surface area is 187 Å². The molecule has 0 N–H and O–H groups in total. The first kappa shape index (κ1) is 20.3. The van der Waals surface area contributed by atoms with Crippen LogP contribution in [0.5, 0.6) is 0 Å². The van der Waals surface area contributed by atoms with Crippen LogP contribution in [0.4, 0.5) is 5.69 Å². The number of hydrogen-bond donors (Lipinski definition) is 0. The van der Waals surface area contributed by atoms with E-state index in [9.17, 15) is 9.35 Å². The Hall–Kier alpha value is -1.65. The summed E-state index contributed by atoms with van der Waals surface area (Å²) >= 11 is 2.01. The number of carbonyl (C=O) groups is 1. The molecule has 9 heteroatoms. The van der Waals surface area contributed by atoms with E-state index in [4.69, 9.17) is 4.74 Å². The summed E-state index contributed by atoms with van der Waals surface area (Å²) in [6, 6.07) is 11.4. The number of halogens is 1. The fourth-order valence-corrected chi connectivity index (χ4v) is 5.92. The summed E-state index contributed by atoms with van der Waals surface area (Å²) in [4.78, 5) is 21.8. The number of nitrogens with zero attached hydrogens (tertiary/aromatic N) is 4. The molecule has 2 aromatic rings. The first-order valence-corrected chi connectivity index (χ1v) is 12.0. The van der Waals surface area contributed by atoms with E-state index in [1.165, 1.54) is 5.69 Å². The van der Waals surface area contributed by atoms with Gasteiger partial charge in [-0.05, 0) is 49.2 Å². The molecular formula is C21H23BrN4O3S. The van der Waals surface area contributed by atoms with E-state index >= 15 is 0 Å². The molecule has 0 saturated carbocycles. The molecule has 3 aliphatic heterocycles. The minimum atomic E-state index is -1.38. The van der Waals surface area contributed by atoms with Crippen LogP contribution in [-0.2, 0) is 20.9 Å². The van der Waals surface area contributed by atoms with Crippen molar-refractivity contribution in [1.82, 2.24) is 14.2 Å².